The van der Waals surface area contributed by atoms with E-state index in [0.717, 1.165) is 31.2 Å². The Kier molecular flexibility index (Phi) is 6.62. The number of hydrogen-bond donors (Lipinski definition) is 0. The van der Waals surface area contributed by atoms with E-state index in [-0.39, 0.29) is 29.9 Å². The molecule has 2 aromatic carbocycles. The van der Waals surface area contributed by atoms with Crippen LogP contribution in [0, 0.1) is 0 Å². The number of nitrogens with zero attached hydrogens (tertiary/aromatic N) is 3. The van der Waals surface area contributed by atoms with E-state index in [4.69, 9.17) is 4.74 Å². The molecular weight excluding hydrogens is 466 g/mol. The highest BCUT2D eigenvalue weighted by molar-refractivity contribution is 7.89. The first-order valence-corrected chi connectivity index (χ1v) is 13.5. The number of benzene rings is 2. The van der Waals surface area contributed by atoms with E-state index in [1.807, 2.05) is 18.2 Å². The van der Waals surface area contributed by atoms with Crippen molar-refractivity contribution in [1.82, 2.24) is 9.21 Å². The second-order valence-electron chi connectivity index (χ2n) is 9.05. The largest absolute Gasteiger partial charge is 0.482 e. The number of carbonyl (C=O) groups is 2. The summed E-state index contributed by atoms with van der Waals surface area (Å²) in [4.78, 5) is 29.1. The molecule has 0 aliphatic carbocycles. The van der Waals surface area contributed by atoms with Crippen LogP contribution in [0.1, 0.15) is 31.2 Å². The number of carbonyl (C=O) groups excluding carboxylic acids is 2. The third-order valence-corrected chi connectivity index (χ3v) is 8.72. The molecule has 9 heteroatoms. The molecule has 5 rings (SSSR count). The number of rotatable bonds is 5. The van der Waals surface area contributed by atoms with Gasteiger partial charge in [-0.3, -0.25) is 14.5 Å². The standard InChI is InChI=1S/C26H29N3O5S/c30-25(27-15-11-21(12-16-27)20-7-3-1-4-8-20)18-29-23-17-22(9-10-24(23)34-19-26(29)31)35(32,33)28-13-5-2-6-14-28/h1,3-4,7-11,17H,2,5-6,12-16,18-19H2. The third kappa shape index (κ3) is 4.83. The van der Waals surface area contributed by atoms with Crippen LogP contribution in [0.3, 0.4) is 0 Å². The molecule has 1 fully saturated rings. The second-order valence-corrected chi connectivity index (χ2v) is 11.0. The number of hydrogen-bond acceptors (Lipinski definition) is 5. The lowest BCUT2D eigenvalue weighted by Gasteiger charge is -2.33. The molecule has 2 amide bonds. The first-order chi connectivity index (χ1) is 16.9. The SMILES string of the molecule is O=C(CN1C(=O)COc2ccc(S(=O)(=O)N3CCCCC3)cc21)N1CC=C(c2ccccc2)CC1. The van der Waals surface area contributed by atoms with E-state index in [2.05, 4.69) is 18.2 Å². The quantitative estimate of drug-likeness (QED) is 0.637. The van der Waals surface area contributed by atoms with Crippen LogP contribution >= 0.6 is 0 Å². The van der Waals surface area contributed by atoms with Gasteiger partial charge in [-0.1, -0.05) is 42.8 Å². The molecule has 0 atom stereocenters. The highest BCUT2D eigenvalue weighted by Crippen LogP contribution is 2.35. The summed E-state index contributed by atoms with van der Waals surface area (Å²) in [6, 6.07) is 14.6. The molecule has 0 unspecified atom stereocenters. The fraction of sp³-hybridized carbons (Fsp3) is 0.385. The highest BCUT2D eigenvalue weighted by Gasteiger charge is 2.32. The summed E-state index contributed by atoms with van der Waals surface area (Å²) in [6.07, 6.45) is 5.48. The molecule has 0 aromatic heterocycles. The molecule has 0 spiro atoms. The lowest BCUT2D eigenvalue weighted by Crippen LogP contribution is -2.47. The van der Waals surface area contributed by atoms with Gasteiger partial charge in [-0.05, 0) is 48.6 Å². The van der Waals surface area contributed by atoms with Gasteiger partial charge in [0.1, 0.15) is 12.3 Å². The van der Waals surface area contributed by atoms with Gasteiger partial charge in [-0.2, -0.15) is 4.31 Å². The highest BCUT2D eigenvalue weighted by atomic mass is 32.2. The van der Waals surface area contributed by atoms with Crippen LogP contribution in [-0.2, 0) is 19.6 Å². The minimum absolute atomic E-state index is 0.113. The molecule has 3 aliphatic heterocycles. The molecule has 3 aliphatic rings. The van der Waals surface area contributed by atoms with Crippen LogP contribution in [0.25, 0.3) is 5.57 Å². The number of ether oxygens (including phenoxy) is 1. The topological polar surface area (TPSA) is 87.2 Å². The molecule has 3 heterocycles. The summed E-state index contributed by atoms with van der Waals surface area (Å²) < 4.78 is 33.4. The number of amides is 2. The Balaban J connectivity index is 1.34. The minimum atomic E-state index is -3.68. The average molecular weight is 496 g/mol. The van der Waals surface area contributed by atoms with Crippen LogP contribution in [0.15, 0.2) is 59.5 Å². The molecule has 0 radical (unpaired) electrons. The first kappa shape index (κ1) is 23.6. The molecule has 0 bridgehead atoms. The number of piperidine rings is 1. The molecular formula is C26H29N3O5S. The molecule has 0 saturated carbocycles. The molecule has 0 N–H and O–H groups in total. The van der Waals surface area contributed by atoms with Gasteiger partial charge in [0.15, 0.2) is 6.61 Å². The Labute approximate surface area is 205 Å². The van der Waals surface area contributed by atoms with Crippen molar-refractivity contribution in [3.63, 3.8) is 0 Å². The lowest BCUT2D eigenvalue weighted by molar-refractivity contribution is -0.131. The predicted molar refractivity (Wildman–Crippen MR) is 133 cm³/mol. The van der Waals surface area contributed by atoms with Crippen molar-refractivity contribution in [3.05, 3.63) is 60.2 Å². The fourth-order valence-corrected chi connectivity index (χ4v) is 6.35. The van der Waals surface area contributed by atoms with E-state index in [1.54, 1.807) is 11.0 Å². The first-order valence-electron chi connectivity index (χ1n) is 12.0. The summed E-state index contributed by atoms with van der Waals surface area (Å²) in [5.74, 6) is -0.144. The van der Waals surface area contributed by atoms with Gasteiger partial charge in [-0.25, -0.2) is 8.42 Å². The number of anilines is 1. The van der Waals surface area contributed by atoms with Gasteiger partial charge in [0, 0.05) is 26.2 Å². The van der Waals surface area contributed by atoms with Gasteiger partial charge in [-0.15, -0.1) is 0 Å². The van der Waals surface area contributed by atoms with Gasteiger partial charge >= 0.3 is 0 Å². The Morgan fingerprint density at radius 2 is 1.74 bits per heavy atom. The van der Waals surface area contributed by atoms with Gasteiger partial charge in [0.2, 0.25) is 15.9 Å². The van der Waals surface area contributed by atoms with Crippen molar-refractivity contribution in [2.45, 2.75) is 30.6 Å². The van der Waals surface area contributed by atoms with Crippen LogP contribution in [0.2, 0.25) is 0 Å². The molecule has 35 heavy (non-hydrogen) atoms. The van der Waals surface area contributed by atoms with Crippen molar-refractivity contribution < 1.29 is 22.7 Å². The van der Waals surface area contributed by atoms with Crippen molar-refractivity contribution >= 4 is 33.1 Å². The van der Waals surface area contributed by atoms with Crippen molar-refractivity contribution in [2.75, 3.05) is 44.2 Å². The van der Waals surface area contributed by atoms with Crippen molar-refractivity contribution in [1.29, 1.82) is 0 Å². The molecule has 8 nitrogen and oxygen atoms in total. The summed E-state index contributed by atoms with van der Waals surface area (Å²) in [5, 5.41) is 0. The van der Waals surface area contributed by atoms with E-state index in [9.17, 15) is 18.0 Å². The Bertz CT molecular complexity index is 1250. The van der Waals surface area contributed by atoms with E-state index in [0.29, 0.717) is 37.6 Å². The maximum atomic E-state index is 13.2. The van der Waals surface area contributed by atoms with Crippen molar-refractivity contribution in [3.8, 4) is 5.75 Å². The number of sulfonamides is 1. The van der Waals surface area contributed by atoms with Crippen LogP contribution in [-0.4, -0.2) is 68.8 Å². The minimum Gasteiger partial charge on any atom is -0.482 e. The normalized spacial score (nSPS) is 19.1. The van der Waals surface area contributed by atoms with E-state index >= 15 is 0 Å². The second kappa shape index (κ2) is 9.83. The zero-order valence-electron chi connectivity index (χ0n) is 19.6. The maximum Gasteiger partial charge on any atom is 0.265 e. The Morgan fingerprint density at radius 3 is 2.46 bits per heavy atom. The Morgan fingerprint density at radius 1 is 0.971 bits per heavy atom. The van der Waals surface area contributed by atoms with E-state index < -0.39 is 10.0 Å². The lowest BCUT2D eigenvalue weighted by atomic mass is 9.99. The number of fused-ring (bicyclic) bond motifs is 1. The van der Waals surface area contributed by atoms with Crippen molar-refractivity contribution in [2.24, 2.45) is 0 Å². The van der Waals surface area contributed by atoms with Gasteiger partial charge < -0.3 is 9.64 Å². The summed E-state index contributed by atoms with van der Waals surface area (Å²) >= 11 is 0. The van der Waals surface area contributed by atoms with Gasteiger partial charge in [0.05, 0.1) is 10.6 Å². The fourth-order valence-electron chi connectivity index (χ4n) is 4.82. The predicted octanol–water partition coefficient (Wildman–Crippen LogP) is 2.90. The Hall–Kier alpha value is -3.17. The average Bonchev–Trinajstić information content (AvgIpc) is 2.91. The zero-order valence-corrected chi connectivity index (χ0v) is 20.4. The monoisotopic (exact) mass is 495 g/mol. The molecule has 2 aromatic rings. The summed E-state index contributed by atoms with van der Waals surface area (Å²) in [7, 11) is -3.68. The van der Waals surface area contributed by atoms with E-state index in [1.165, 1.54) is 26.9 Å². The summed E-state index contributed by atoms with van der Waals surface area (Å²) in [5.41, 5.74) is 2.68. The van der Waals surface area contributed by atoms with Crippen LogP contribution in [0.5, 0.6) is 5.75 Å². The van der Waals surface area contributed by atoms with Gasteiger partial charge in [0.25, 0.3) is 5.91 Å². The zero-order chi connectivity index (χ0) is 24.4. The molecule has 1 saturated heterocycles. The van der Waals surface area contributed by atoms with Crippen LogP contribution in [0.4, 0.5) is 5.69 Å². The van der Waals surface area contributed by atoms with Crippen LogP contribution < -0.4 is 9.64 Å². The summed E-state index contributed by atoms with van der Waals surface area (Å²) in [6.45, 7) is 1.68. The maximum absolute atomic E-state index is 13.2. The third-order valence-electron chi connectivity index (χ3n) is 6.83. The smallest absolute Gasteiger partial charge is 0.265 e. The molecule has 184 valence electrons.